The van der Waals surface area contributed by atoms with Gasteiger partial charge < -0.3 is 14.4 Å². The summed E-state index contributed by atoms with van der Waals surface area (Å²) in [5, 5.41) is 9.86. The van der Waals surface area contributed by atoms with Gasteiger partial charge in [-0.2, -0.15) is 0 Å². The van der Waals surface area contributed by atoms with Gasteiger partial charge >= 0.3 is 7.12 Å². The Kier molecular flexibility index (Phi) is 5.47. The van der Waals surface area contributed by atoms with Crippen LogP contribution in [0.4, 0.5) is 4.39 Å². The molecule has 0 amide bonds. The van der Waals surface area contributed by atoms with Crippen LogP contribution in [0.15, 0.2) is 23.7 Å². The maximum Gasteiger partial charge on any atom is 0.491 e. The SMILES string of the molecule is CC(=O)SCC(=Cc1cccc(F)c1O)B1OC(C)(C)C(C)(C)O1. The second-order valence-corrected chi connectivity index (χ2v) is 7.92. The van der Waals surface area contributed by atoms with Crippen molar-refractivity contribution in [2.24, 2.45) is 0 Å². The molecule has 7 heteroatoms. The van der Waals surface area contributed by atoms with E-state index in [1.807, 2.05) is 27.7 Å². The molecule has 0 bridgehead atoms. The lowest BCUT2D eigenvalue weighted by Crippen LogP contribution is -2.41. The monoisotopic (exact) mass is 352 g/mol. The van der Waals surface area contributed by atoms with Gasteiger partial charge in [-0.1, -0.05) is 30.0 Å². The zero-order chi connectivity index (χ0) is 18.1. The Labute approximate surface area is 146 Å². The van der Waals surface area contributed by atoms with Crippen LogP contribution in [0.1, 0.15) is 40.2 Å². The van der Waals surface area contributed by atoms with Crippen LogP contribution in [0, 0.1) is 5.82 Å². The van der Waals surface area contributed by atoms with Crippen LogP contribution in [-0.4, -0.2) is 34.3 Å². The minimum Gasteiger partial charge on any atom is -0.504 e. The number of aromatic hydroxyl groups is 1. The third kappa shape index (κ3) is 4.02. The first kappa shape index (κ1) is 19.0. The van der Waals surface area contributed by atoms with Gasteiger partial charge in [-0.15, -0.1) is 0 Å². The quantitative estimate of drug-likeness (QED) is 0.835. The van der Waals surface area contributed by atoms with Gasteiger partial charge in [-0.05, 0) is 39.2 Å². The molecular weight excluding hydrogens is 330 g/mol. The molecular formula is C17H22BFO4S. The van der Waals surface area contributed by atoms with Crippen LogP contribution in [0.2, 0.25) is 0 Å². The van der Waals surface area contributed by atoms with E-state index in [-0.39, 0.29) is 5.12 Å². The second-order valence-electron chi connectivity index (χ2n) is 6.77. The molecule has 1 aromatic rings. The molecule has 0 atom stereocenters. The Balaban J connectivity index is 2.37. The van der Waals surface area contributed by atoms with Gasteiger partial charge in [-0.3, -0.25) is 4.79 Å². The molecule has 0 radical (unpaired) electrons. The van der Waals surface area contributed by atoms with Crippen molar-refractivity contribution in [3.8, 4) is 5.75 Å². The zero-order valence-electron chi connectivity index (χ0n) is 14.6. The molecule has 0 unspecified atom stereocenters. The van der Waals surface area contributed by atoms with Crippen molar-refractivity contribution in [1.82, 2.24) is 0 Å². The Morgan fingerprint density at radius 1 is 1.29 bits per heavy atom. The van der Waals surface area contributed by atoms with E-state index in [2.05, 4.69) is 0 Å². The Hall–Kier alpha value is -1.31. The van der Waals surface area contributed by atoms with Crippen LogP contribution in [-0.2, 0) is 14.1 Å². The highest BCUT2D eigenvalue weighted by atomic mass is 32.2. The van der Waals surface area contributed by atoms with Crippen LogP contribution < -0.4 is 0 Å². The molecule has 0 aliphatic carbocycles. The molecule has 0 saturated carbocycles. The molecule has 130 valence electrons. The van der Waals surface area contributed by atoms with Crippen LogP contribution in [0.3, 0.4) is 0 Å². The van der Waals surface area contributed by atoms with E-state index in [0.29, 0.717) is 16.8 Å². The molecule has 1 N–H and O–H groups in total. The number of halogens is 1. The molecule has 1 fully saturated rings. The maximum absolute atomic E-state index is 13.6. The van der Waals surface area contributed by atoms with Crippen LogP contribution in [0.5, 0.6) is 5.75 Å². The van der Waals surface area contributed by atoms with E-state index in [0.717, 1.165) is 11.8 Å². The summed E-state index contributed by atoms with van der Waals surface area (Å²) in [6.07, 6.45) is 1.62. The predicted octanol–water partition coefficient (Wildman–Crippen LogP) is 3.83. The Morgan fingerprint density at radius 2 is 1.88 bits per heavy atom. The van der Waals surface area contributed by atoms with E-state index in [4.69, 9.17) is 9.31 Å². The fraction of sp³-hybridized carbons (Fsp3) is 0.471. The van der Waals surface area contributed by atoms with E-state index < -0.39 is 29.9 Å². The molecule has 1 aliphatic heterocycles. The number of carbonyl (C=O) groups is 1. The minimum absolute atomic E-state index is 0.0409. The van der Waals surface area contributed by atoms with E-state index >= 15 is 0 Å². The van der Waals surface area contributed by atoms with Crippen LogP contribution in [0.25, 0.3) is 6.08 Å². The number of thioether (sulfide) groups is 1. The molecule has 0 aromatic heterocycles. The predicted molar refractivity (Wildman–Crippen MR) is 95.3 cm³/mol. The fourth-order valence-electron chi connectivity index (χ4n) is 2.21. The summed E-state index contributed by atoms with van der Waals surface area (Å²) in [5.41, 5.74) is -0.0675. The lowest BCUT2D eigenvalue weighted by Gasteiger charge is -2.32. The van der Waals surface area contributed by atoms with Gasteiger partial charge in [0.1, 0.15) is 0 Å². The van der Waals surface area contributed by atoms with Gasteiger partial charge in [0, 0.05) is 18.2 Å². The van der Waals surface area contributed by atoms with Gasteiger partial charge in [0.25, 0.3) is 0 Å². The number of phenols is 1. The first-order chi connectivity index (χ1) is 11.0. The molecule has 24 heavy (non-hydrogen) atoms. The average Bonchev–Trinajstić information content (AvgIpc) is 2.67. The third-order valence-corrected chi connectivity index (χ3v) is 5.24. The summed E-state index contributed by atoms with van der Waals surface area (Å²) in [6, 6.07) is 4.30. The molecule has 1 aliphatic rings. The molecule has 2 rings (SSSR count). The van der Waals surface area contributed by atoms with Crippen molar-refractivity contribution < 1.29 is 23.6 Å². The number of hydrogen-bond acceptors (Lipinski definition) is 5. The minimum atomic E-state index is -0.698. The summed E-state index contributed by atoms with van der Waals surface area (Å²) in [7, 11) is -0.662. The number of carbonyl (C=O) groups excluding carboxylic acids is 1. The molecule has 1 heterocycles. The van der Waals surface area contributed by atoms with Gasteiger partial charge in [0.2, 0.25) is 0 Å². The Morgan fingerprint density at radius 3 is 2.42 bits per heavy atom. The fourth-order valence-corrected chi connectivity index (χ4v) is 2.79. The highest BCUT2D eigenvalue weighted by Crippen LogP contribution is 2.39. The number of rotatable bonds is 4. The molecule has 1 saturated heterocycles. The smallest absolute Gasteiger partial charge is 0.491 e. The number of phenolic OH excluding ortho intramolecular Hbond substituents is 1. The van der Waals surface area contributed by atoms with Crippen molar-refractivity contribution in [2.45, 2.75) is 45.8 Å². The third-order valence-electron chi connectivity index (χ3n) is 4.36. The number of para-hydroxylation sites is 1. The van der Waals surface area contributed by atoms with E-state index in [1.165, 1.54) is 19.1 Å². The lowest BCUT2D eigenvalue weighted by molar-refractivity contribution is -0.109. The summed E-state index contributed by atoms with van der Waals surface area (Å²) in [5.74, 6) is -0.794. The molecule has 0 spiro atoms. The normalized spacial score (nSPS) is 19.6. The van der Waals surface area contributed by atoms with Crippen molar-refractivity contribution in [1.29, 1.82) is 0 Å². The first-order valence-corrected chi connectivity index (χ1v) is 8.69. The van der Waals surface area contributed by atoms with Gasteiger partial charge in [0.15, 0.2) is 16.7 Å². The van der Waals surface area contributed by atoms with Crippen molar-refractivity contribution in [3.63, 3.8) is 0 Å². The molecule has 1 aromatic carbocycles. The highest BCUT2D eigenvalue weighted by molar-refractivity contribution is 8.13. The van der Waals surface area contributed by atoms with Crippen LogP contribution >= 0.6 is 11.8 Å². The second kappa shape index (κ2) is 6.90. The number of benzene rings is 1. The maximum atomic E-state index is 13.6. The zero-order valence-corrected chi connectivity index (χ0v) is 15.4. The molecule has 4 nitrogen and oxygen atoms in total. The summed E-state index contributed by atoms with van der Waals surface area (Å²) in [4.78, 5) is 11.3. The topological polar surface area (TPSA) is 55.8 Å². The van der Waals surface area contributed by atoms with Gasteiger partial charge in [0.05, 0.1) is 11.2 Å². The summed E-state index contributed by atoms with van der Waals surface area (Å²) >= 11 is 1.11. The van der Waals surface area contributed by atoms with Gasteiger partial charge in [-0.25, -0.2) is 4.39 Å². The summed E-state index contributed by atoms with van der Waals surface area (Å²) in [6.45, 7) is 9.21. The largest absolute Gasteiger partial charge is 0.504 e. The van der Waals surface area contributed by atoms with Crippen molar-refractivity contribution >= 4 is 30.1 Å². The Bertz CT molecular complexity index is 657. The average molecular weight is 352 g/mol. The standard InChI is InChI=1S/C17H22BFO4S/c1-11(20)24-10-13(9-12-7-6-8-14(19)15(12)21)18-22-16(2,3)17(4,5)23-18/h6-9,21H,10H2,1-5H3. The van der Waals surface area contributed by atoms with Crippen molar-refractivity contribution in [3.05, 3.63) is 35.1 Å². The first-order valence-electron chi connectivity index (χ1n) is 7.70. The summed E-state index contributed by atoms with van der Waals surface area (Å²) < 4.78 is 25.6. The van der Waals surface area contributed by atoms with Crippen molar-refractivity contribution in [2.75, 3.05) is 5.75 Å². The number of hydrogen-bond donors (Lipinski definition) is 1. The van der Waals surface area contributed by atoms with E-state index in [9.17, 15) is 14.3 Å². The van der Waals surface area contributed by atoms with E-state index in [1.54, 1.807) is 12.1 Å². The highest BCUT2D eigenvalue weighted by Gasteiger charge is 2.52. The lowest BCUT2D eigenvalue weighted by atomic mass is 9.78.